The molecular weight excluding hydrogens is 496 g/mol. The second-order valence-corrected chi connectivity index (χ2v) is 11.9. The van der Waals surface area contributed by atoms with Gasteiger partial charge in [0.1, 0.15) is 10.6 Å². The van der Waals surface area contributed by atoms with Crippen LogP contribution in [-0.2, 0) is 23.2 Å². The minimum atomic E-state index is -3.94. The Morgan fingerprint density at radius 3 is 2.42 bits per heavy atom. The third-order valence-corrected chi connectivity index (χ3v) is 8.82. The van der Waals surface area contributed by atoms with E-state index in [0.29, 0.717) is 18.2 Å². The van der Waals surface area contributed by atoms with Crippen LogP contribution in [0, 0.1) is 12.8 Å². The summed E-state index contributed by atoms with van der Waals surface area (Å²) in [6.07, 6.45) is 4.29. The van der Waals surface area contributed by atoms with Crippen molar-refractivity contribution in [1.29, 1.82) is 0 Å². The van der Waals surface area contributed by atoms with Crippen molar-refractivity contribution in [2.24, 2.45) is 5.92 Å². The van der Waals surface area contributed by atoms with Crippen molar-refractivity contribution < 1.29 is 17.4 Å². The predicted molar refractivity (Wildman–Crippen MR) is 148 cm³/mol. The molecule has 3 heterocycles. The quantitative estimate of drug-likeness (QED) is 0.236. The number of hydrogen-bond acceptors (Lipinski definition) is 5. The number of aryl methyl sites for hydroxylation is 1. The smallest absolute Gasteiger partial charge is 0.339 e. The zero-order valence-electron chi connectivity index (χ0n) is 21.3. The number of ketones is 1. The SMILES string of the molecule is Cc1ccc(S(=O)(=O)Oc2ccc3c(c2)cc2n3C/C(=C/C3CCN(Cc4ccccc4)CC3)C2=O)cc1. The number of benzene rings is 3. The maximum absolute atomic E-state index is 13.2. The third-order valence-electron chi connectivity index (χ3n) is 7.56. The lowest BCUT2D eigenvalue weighted by Gasteiger charge is -2.30. The number of aromatic nitrogens is 1. The molecule has 6 rings (SSSR count). The van der Waals surface area contributed by atoms with Crippen molar-refractivity contribution >= 4 is 26.8 Å². The monoisotopic (exact) mass is 526 g/mol. The molecule has 38 heavy (non-hydrogen) atoms. The van der Waals surface area contributed by atoms with Gasteiger partial charge in [0, 0.05) is 23.0 Å². The van der Waals surface area contributed by atoms with E-state index in [-0.39, 0.29) is 16.4 Å². The minimum absolute atomic E-state index is 0.0580. The lowest BCUT2D eigenvalue weighted by Crippen LogP contribution is -2.32. The Balaban J connectivity index is 1.13. The molecule has 0 spiro atoms. The van der Waals surface area contributed by atoms with Gasteiger partial charge in [0.15, 0.2) is 0 Å². The van der Waals surface area contributed by atoms with Crippen LogP contribution >= 0.6 is 0 Å². The van der Waals surface area contributed by atoms with Crippen molar-refractivity contribution in [3.05, 3.63) is 107 Å². The summed E-state index contributed by atoms with van der Waals surface area (Å²) in [6.45, 7) is 5.47. The van der Waals surface area contributed by atoms with Gasteiger partial charge in [0.05, 0.1) is 12.2 Å². The predicted octanol–water partition coefficient (Wildman–Crippen LogP) is 5.75. The van der Waals surface area contributed by atoms with Crippen LogP contribution in [0.5, 0.6) is 5.75 Å². The van der Waals surface area contributed by atoms with E-state index in [1.165, 1.54) is 17.7 Å². The van der Waals surface area contributed by atoms with Crippen LogP contribution in [0.2, 0.25) is 0 Å². The number of allylic oxidation sites excluding steroid dienone is 2. The summed E-state index contributed by atoms with van der Waals surface area (Å²) in [7, 11) is -3.94. The first kappa shape index (κ1) is 24.6. The van der Waals surface area contributed by atoms with Crippen LogP contribution in [0.4, 0.5) is 0 Å². The maximum atomic E-state index is 13.2. The molecule has 0 N–H and O–H groups in total. The normalized spacial score (nSPS) is 17.8. The fraction of sp³-hybridized carbons (Fsp3) is 0.258. The first-order valence-electron chi connectivity index (χ1n) is 13.0. The highest BCUT2D eigenvalue weighted by atomic mass is 32.2. The van der Waals surface area contributed by atoms with Crippen molar-refractivity contribution in [1.82, 2.24) is 9.47 Å². The molecule has 0 saturated carbocycles. The summed E-state index contributed by atoms with van der Waals surface area (Å²) in [6, 6.07) is 24.1. The van der Waals surface area contributed by atoms with Crippen molar-refractivity contribution in [2.45, 2.75) is 37.8 Å². The Hall–Kier alpha value is -3.68. The van der Waals surface area contributed by atoms with Gasteiger partial charge in [-0.2, -0.15) is 8.42 Å². The maximum Gasteiger partial charge on any atom is 0.339 e. The summed E-state index contributed by atoms with van der Waals surface area (Å²) < 4.78 is 32.8. The Morgan fingerprint density at radius 1 is 0.947 bits per heavy atom. The highest BCUT2D eigenvalue weighted by molar-refractivity contribution is 7.87. The number of fused-ring (bicyclic) bond motifs is 3. The van der Waals surface area contributed by atoms with Crippen molar-refractivity contribution in [3.8, 4) is 5.75 Å². The number of rotatable bonds is 6. The molecule has 1 fully saturated rings. The Labute approximate surface area is 223 Å². The Morgan fingerprint density at radius 2 is 1.68 bits per heavy atom. The number of likely N-dealkylation sites (tertiary alicyclic amines) is 1. The minimum Gasteiger partial charge on any atom is -0.379 e. The first-order valence-corrected chi connectivity index (χ1v) is 14.4. The van der Waals surface area contributed by atoms with Crippen LogP contribution in [-0.4, -0.2) is 36.8 Å². The van der Waals surface area contributed by atoms with Crippen molar-refractivity contribution in [2.75, 3.05) is 13.1 Å². The molecule has 0 atom stereocenters. The molecule has 2 aliphatic rings. The van der Waals surface area contributed by atoms with Gasteiger partial charge in [0.25, 0.3) is 0 Å². The van der Waals surface area contributed by atoms with E-state index >= 15 is 0 Å². The van der Waals surface area contributed by atoms with Crippen LogP contribution < -0.4 is 4.18 Å². The molecule has 0 unspecified atom stereocenters. The standard InChI is InChI=1S/C31H30N2O4S/c1-22-7-10-28(11-8-22)38(35,36)37-27-9-12-29-25(18-27)19-30-31(34)26(21-33(29)30)17-23-13-15-32(16-14-23)20-24-5-3-2-4-6-24/h2-12,17-19,23H,13-16,20-21H2,1H3/b26-17-. The number of hydrogen-bond donors (Lipinski definition) is 0. The number of carbonyl (C=O) groups is 1. The van der Waals surface area contributed by atoms with E-state index < -0.39 is 10.1 Å². The number of carbonyl (C=O) groups excluding carboxylic acids is 1. The number of nitrogens with zero attached hydrogens (tertiary/aromatic N) is 2. The molecule has 1 aromatic heterocycles. The van der Waals surface area contributed by atoms with Crippen LogP contribution in [0.3, 0.4) is 0 Å². The van der Waals surface area contributed by atoms with Gasteiger partial charge in [-0.25, -0.2) is 0 Å². The molecule has 1 saturated heterocycles. The lowest BCUT2D eigenvalue weighted by molar-refractivity contribution is 0.103. The van der Waals surface area contributed by atoms with Crippen LogP contribution in [0.15, 0.2) is 95.4 Å². The highest BCUT2D eigenvalue weighted by Gasteiger charge is 2.29. The first-order chi connectivity index (χ1) is 18.4. The molecule has 194 valence electrons. The van der Waals surface area contributed by atoms with Gasteiger partial charge in [-0.15, -0.1) is 0 Å². The third kappa shape index (κ3) is 4.91. The average molecular weight is 527 g/mol. The van der Waals surface area contributed by atoms with Gasteiger partial charge in [-0.1, -0.05) is 54.1 Å². The molecule has 7 heteroatoms. The van der Waals surface area contributed by atoms with Gasteiger partial charge >= 0.3 is 10.1 Å². The molecule has 0 amide bonds. The van der Waals surface area contributed by atoms with E-state index in [4.69, 9.17) is 4.18 Å². The molecule has 0 bridgehead atoms. The molecule has 2 aliphatic heterocycles. The van der Waals surface area contributed by atoms with E-state index in [1.807, 2.05) is 29.7 Å². The van der Waals surface area contributed by atoms with Gasteiger partial charge in [-0.05, 0) is 80.7 Å². The van der Waals surface area contributed by atoms with Crippen molar-refractivity contribution in [3.63, 3.8) is 0 Å². The fourth-order valence-corrected chi connectivity index (χ4v) is 6.40. The van der Waals surface area contributed by atoms with Gasteiger partial charge in [-0.3, -0.25) is 9.69 Å². The van der Waals surface area contributed by atoms with E-state index in [0.717, 1.165) is 54.5 Å². The zero-order valence-corrected chi connectivity index (χ0v) is 22.2. The second-order valence-electron chi connectivity index (χ2n) is 10.3. The lowest BCUT2D eigenvalue weighted by atomic mass is 9.93. The number of Topliss-reactive ketones (excluding diaryl/α,β-unsaturated/α-hetero) is 1. The summed E-state index contributed by atoms with van der Waals surface area (Å²) in [5.41, 5.74) is 4.70. The van der Waals surface area contributed by atoms with Crippen LogP contribution in [0.25, 0.3) is 10.9 Å². The largest absolute Gasteiger partial charge is 0.379 e. The summed E-state index contributed by atoms with van der Waals surface area (Å²) in [5.74, 6) is 0.694. The molecule has 0 aliphatic carbocycles. The van der Waals surface area contributed by atoms with Gasteiger partial charge < -0.3 is 8.75 Å². The molecule has 0 radical (unpaired) electrons. The number of piperidine rings is 1. The highest BCUT2D eigenvalue weighted by Crippen LogP contribution is 2.33. The topological polar surface area (TPSA) is 68.6 Å². The molecule has 6 nitrogen and oxygen atoms in total. The zero-order chi connectivity index (χ0) is 26.3. The van der Waals surface area contributed by atoms with E-state index in [1.54, 1.807) is 24.3 Å². The summed E-state index contributed by atoms with van der Waals surface area (Å²) >= 11 is 0. The summed E-state index contributed by atoms with van der Waals surface area (Å²) in [4.78, 5) is 15.8. The fourth-order valence-electron chi connectivity index (χ4n) is 5.48. The Bertz CT molecular complexity index is 1630. The molecule has 3 aromatic carbocycles. The van der Waals surface area contributed by atoms with E-state index in [2.05, 4.69) is 35.2 Å². The average Bonchev–Trinajstić information content (AvgIpc) is 3.41. The Kier molecular flexibility index (Phi) is 6.41. The van der Waals surface area contributed by atoms with Gasteiger partial charge in [0.2, 0.25) is 5.78 Å². The molecular formula is C31H30N2O4S. The summed E-state index contributed by atoms with van der Waals surface area (Å²) in [5, 5.41) is 0.790. The molecule has 4 aromatic rings. The second kappa shape index (κ2) is 9.89. The van der Waals surface area contributed by atoms with E-state index in [9.17, 15) is 13.2 Å². The van der Waals surface area contributed by atoms with Crippen LogP contribution in [0.1, 0.15) is 34.5 Å².